The smallest absolute Gasteiger partial charge is 0.156 e. The fraction of sp³-hybridized carbons (Fsp3) is 0. The molecule has 0 bridgehead atoms. The Balaban J connectivity index is 0.906. The van der Waals surface area contributed by atoms with Crippen LogP contribution < -0.4 is 0 Å². The molecular formula is C55H32N2OS. The quantitative estimate of drug-likeness (QED) is 0.178. The van der Waals surface area contributed by atoms with E-state index < -0.39 is 0 Å². The molecule has 0 amide bonds. The number of imidazole rings is 1. The van der Waals surface area contributed by atoms with Crippen LogP contribution in [0.5, 0.6) is 0 Å². The maximum absolute atomic E-state index is 6.37. The van der Waals surface area contributed by atoms with Crippen LogP contribution in [-0.2, 0) is 0 Å². The molecule has 274 valence electrons. The number of aromatic nitrogens is 2. The molecule has 4 aromatic heterocycles. The summed E-state index contributed by atoms with van der Waals surface area (Å²) in [7, 11) is 0. The molecule has 0 saturated heterocycles. The van der Waals surface area contributed by atoms with E-state index in [-0.39, 0.29) is 0 Å². The van der Waals surface area contributed by atoms with Gasteiger partial charge in [-0.05, 0) is 91.3 Å². The van der Waals surface area contributed by atoms with Crippen molar-refractivity contribution < 1.29 is 4.42 Å². The summed E-state index contributed by atoms with van der Waals surface area (Å²) in [6.07, 6.45) is 0. The topological polar surface area (TPSA) is 30.4 Å². The van der Waals surface area contributed by atoms with Gasteiger partial charge in [0.25, 0.3) is 0 Å². The molecule has 0 N–H and O–H groups in total. The predicted molar refractivity (Wildman–Crippen MR) is 250 cm³/mol. The van der Waals surface area contributed by atoms with E-state index in [9.17, 15) is 0 Å². The summed E-state index contributed by atoms with van der Waals surface area (Å²) in [6, 6.07) is 70.2. The summed E-state index contributed by atoms with van der Waals surface area (Å²) >= 11 is 1.84. The molecule has 0 radical (unpaired) electrons. The standard InChI is InChI=1S/C55H32N2OS/c1-2-11-38-31-52-46(30-37(38)10-1)47-32-50(57-49-18-7-6-17-48(49)56-55(57)54(47)59-52)36-26-24-34(25-27-36)40-29-28-39(42-12-3-4-13-43(40)42)33-20-22-35(23-21-33)41-15-9-16-45-44-14-5-8-19-51(44)58-53(41)45/h1-32H. The summed E-state index contributed by atoms with van der Waals surface area (Å²) in [4.78, 5) is 5.24. The number of pyridine rings is 1. The largest absolute Gasteiger partial charge is 0.455 e. The van der Waals surface area contributed by atoms with Gasteiger partial charge in [-0.25, -0.2) is 4.98 Å². The Morgan fingerprint density at radius 3 is 1.76 bits per heavy atom. The van der Waals surface area contributed by atoms with E-state index >= 15 is 0 Å². The zero-order valence-corrected chi connectivity index (χ0v) is 32.5. The minimum atomic E-state index is 0.916. The number of rotatable bonds is 4. The second-order valence-corrected chi connectivity index (χ2v) is 16.5. The van der Waals surface area contributed by atoms with Crippen molar-refractivity contribution in [1.82, 2.24) is 9.38 Å². The van der Waals surface area contributed by atoms with E-state index in [4.69, 9.17) is 9.40 Å². The summed E-state index contributed by atoms with van der Waals surface area (Å²) in [5, 5.41) is 9.80. The summed E-state index contributed by atoms with van der Waals surface area (Å²) in [6.45, 7) is 0. The maximum Gasteiger partial charge on any atom is 0.156 e. The molecule has 0 spiro atoms. The predicted octanol–water partition coefficient (Wildman–Crippen LogP) is 15.7. The van der Waals surface area contributed by atoms with Gasteiger partial charge in [0.15, 0.2) is 5.65 Å². The van der Waals surface area contributed by atoms with Crippen LogP contribution in [0.3, 0.4) is 0 Å². The second kappa shape index (κ2) is 12.5. The van der Waals surface area contributed by atoms with Crippen molar-refractivity contribution in [3.63, 3.8) is 0 Å². The third kappa shape index (κ3) is 4.91. The monoisotopic (exact) mass is 768 g/mol. The van der Waals surface area contributed by atoms with Gasteiger partial charge in [0.2, 0.25) is 0 Å². The van der Waals surface area contributed by atoms with Gasteiger partial charge in [0.05, 0.1) is 21.4 Å². The minimum absolute atomic E-state index is 0.916. The fourth-order valence-electron chi connectivity index (χ4n) is 9.37. The Labute approximate surface area is 342 Å². The summed E-state index contributed by atoms with van der Waals surface area (Å²) in [5.74, 6) is 0. The van der Waals surface area contributed by atoms with Gasteiger partial charge in [0, 0.05) is 31.8 Å². The van der Waals surface area contributed by atoms with E-state index in [1.807, 2.05) is 23.5 Å². The summed E-state index contributed by atoms with van der Waals surface area (Å²) < 4.78 is 11.2. The molecular weight excluding hydrogens is 737 g/mol. The Morgan fingerprint density at radius 1 is 0.424 bits per heavy atom. The minimum Gasteiger partial charge on any atom is -0.455 e. The first-order chi connectivity index (χ1) is 29.2. The number of benzene rings is 9. The van der Waals surface area contributed by atoms with E-state index in [2.05, 4.69) is 186 Å². The van der Waals surface area contributed by atoms with Crippen LogP contribution >= 0.6 is 11.3 Å². The molecule has 0 aliphatic carbocycles. The number of fused-ring (bicyclic) bond motifs is 12. The maximum atomic E-state index is 6.37. The second-order valence-electron chi connectivity index (χ2n) is 15.5. The average Bonchev–Trinajstić information content (AvgIpc) is 3.99. The molecule has 13 rings (SSSR count). The van der Waals surface area contributed by atoms with Crippen LogP contribution in [0.1, 0.15) is 0 Å². The van der Waals surface area contributed by atoms with Crippen LogP contribution in [-0.4, -0.2) is 9.38 Å². The van der Waals surface area contributed by atoms with Crippen LogP contribution in [0.4, 0.5) is 0 Å². The Morgan fingerprint density at radius 2 is 1.02 bits per heavy atom. The Kier molecular flexibility index (Phi) is 6.89. The highest BCUT2D eigenvalue weighted by atomic mass is 32.1. The first-order valence-electron chi connectivity index (χ1n) is 20.0. The van der Waals surface area contributed by atoms with Crippen molar-refractivity contribution in [3.8, 4) is 44.6 Å². The van der Waals surface area contributed by atoms with Crippen molar-refractivity contribution in [2.75, 3.05) is 0 Å². The highest BCUT2D eigenvalue weighted by Crippen LogP contribution is 2.43. The van der Waals surface area contributed by atoms with Crippen LogP contribution in [0.15, 0.2) is 199 Å². The lowest BCUT2D eigenvalue weighted by molar-refractivity contribution is 0.670. The van der Waals surface area contributed by atoms with Gasteiger partial charge in [-0.2, -0.15) is 0 Å². The molecule has 13 aromatic rings. The Bertz CT molecular complexity index is 3830. The average molecular weight is 769 g/mol. The molecule has 0 unspecified atom stereocenters. The molecule has 0 atom stereocenters. The van der Waals surface area contributed by atoms with Gasteiger partial charge < -0.3 is 4.42 Å². The van der Waals surface area contributed by atoms with Crippen LogP contribution in [0.2, 0.25) is 0 Å². The molecule has 0 aliphatic rings. The van der Waals surface area contributed by atoms with Gasteiger partial charge in [-0.3, -0.25) is 4.40 Å². The van der Waals surface area contributed by atoms with Crippen molar-refractivity contribution in [1.29, 1.82) is 0 Å². The van der Waals surface area contributed by atoms with Crippen LogP contribution in [0, 0.1) is 0 Å². The van der Waals surface area contributed by atoms with Gasteiger partial charge in [0.1, 0.15) is 11.2 Å². The first kappa shape index (κ1) is 32.5. The zero-order valence-electron chi connectivity index (χ0n) is 31.7. The number of thiophene rings is 1. The number of hydrogen-bond acceptors (Lipinski definition) is 3. The Hall–Kier alpha value is -7.53. The van der Waals surface area contributed by atoms with Crippen molar-refractivity contribution in [2.45, 2.75) is 0 Å². The molecule has 4 heteroatoms. The van der Waals surface area contributed by atoms with Crippen molar-refractivity contribution in [2.24, 2.45) is 0 Å². The molecule has 0 fully saturated rings. The van der Waals surface area contributed by atoms with E-state index in [0.29, 0.717) is 0 Å². The third-order valence-electron chi connectivity index (χ3n) is 12.2. The highest BCUT2D eigenvalue weighted by molar-refractivity contribution is 7.26. The highest BCUT2D eigenvalue weighted by Gasteiger charge is 2.19. The van der Waals surface area contributed by atoms with E-state index in [1.54, 1.807) is 0 Å². The number of nitrogens with zero attached hydrogens (tertiary/aromatic N) is 2. The van der Waals surface area contributed by atoms with Gasteiger partial charge in [-0.1, -0.05) is 158 Å². The lowest BCUT2D eigenvalue weighted by atomic mass is 9.91. The van der Waals surface area contributed by atoms with Crippen LogP contribution in [0.25, 0.3) is 125 Å². The van der Waals surface area contributed by atoms with E-state index in [0.717, 1.165) is 61.0 Å². The third-order valence-corrected chi connectivity index (χ3v) is 13.4. The molecule has 3 nitrogen and oxygen atoms in total. The number of para-hydroxylation sites is 4. The molecule has 0 aliphatic heterocycles. The summed E-state index contributed by atoms with van der Waals surface area (Å²) in [5.41, 5.74) is 14.3. The molecule has 9 aromatic carbocycles. The number of hydrogen-bond donors (Lipinski definition) is 0. The van der Waals surface area contributed by atoms with Crippen molar-refractivity contribution >= 4 is 91.7 Å². The normalized spacial score (nSPS) is 12.1. The SMILES string of the molecule is c1ccc2cc3c(cc2c1)sc1c3cc(-c2ccc(-c3ccc(-c4ccc(-c5cccc6c5oc5ccccc56)cc4)c4ccccc34)cc2)n2c3ccccc3nc12. The zero-order chi connectivity index (χ0) is 38.6. The fourth-order valence-corrected chi connectivity index (χ4v) is 10.6. The molecule has 0 saturated carbocycles. The molecule has 59 heavy (non-hydrogen) atoms. The first-order valence-corrected chi connectivity index (χ1v) is 20.8. The lowest BCUT2D eigenvalue weighted by Crippen LogP contribution is -1.93. The van der Waals surface area contributed by atoms with Gasteiger partial charge in [-0.15, -0.1) is 11.3 Å². The lowest BCUT2D eigenvalue weighted by Gasteiger charge is -2.14. The van der Waals surface area contributed by atoms with Crippen molar-refractivity contribution in [3.05, 3.63) is 194 Å². The number of furan rings is 1. The molecule has 4 heterocycles. The van der Waals surface area contributed by atoms with E-state index in [1.165, 1.54) is 64.0 Å². The van der Waals surface area contributed by atoms with Gasteiger partial charge >= 0.3 is 0 Å².